The summed E-state index contributed by atoms with van der Waals surface area (Å²) in [4.78, 5) is 25.7. The molecule has 3 rings (SSSR count). The van der Waals surface area contributed by atoms with Gasteiger partial charge in [-0.2, -0.15) is 0 Å². The van der Waals surface area contributed by atoms with Gasteiger partial charge in [0.1, 0.15) is 0 Å². The molecule has 0 saturated heterocycles. The third kappa shape index (κ3) is 1.44. The van der Waals surface area contributed by atoms with Crippen molar-refractivity contribution < 1.29 is 14.3 Å². The van der Waals surface area contributed by atoms with Crippen LogP contribution in [0.2, 0.25) is 0 Å². The second-order valence-electron chi connectivity index (χ2n) is 4.77. The minimum absolute atomic E-state index is 0.0384. The Labute approximate surface area is 105 Å². The van der Waals surface area contributed by atoms with Gasteiger partial charge >= 0.3 is 0 Å². The maximum atomic E-state index is 12.2. The van der Waals surface area contributed by atoms with E-state index in [9.17, 15) is 9.59 Å². The van der Waals surface area contributed by atoms with E-state index in [2.05, 4.69) is 0 Å². The Morgan fingerprint density at radius 3 is 2.56 bits per heavy atom. The molecule has 94 valence electrons. The summed E-state index contributed by atoms with van der Waals surface area (Å²) in [6, 6.07) is 4.80. The molecule has 0 unspecified atom stereocenters. The Kier molecular flexibility index (Phi) is 2.38. The lowest BCUT2D eigenvalue weighted by Gasteiger charge is -2.38. The maximum Gasteiger partial charge on any atom is 0.261 e. The number of amides is 2. The molecule has 5 nitrogen and oxygen atoms in total. The molecule has 2 amide bonds. The molecule has 0 spiro atoms. The lowest BCUT2D eigenvalue weighted by Crippen LogP contribution is -2.50. The third-order valence-electron chi connectivity index (χ3n) is 3.71. The molecule has 1 heterocycles. The topological polar surface area (TPSA) is 72.6 Å². The average Bonchev–Trinajstić information content (AvgIpc) is 2.53. The summed E-state index contributed by atoms with van der Waals surface area (Å²) in [5.74, 6) is -0.448. The van der Waals surface area contributed by atoms with Crippen LogP contribution in [0, 0.1) is 0 Å². The normalized spacial score (nSPS) is 26.2. The van der Waals surface area contributed by atoms with Crippen LogP contribution in [0.3, 0.4) is 0 Å². The molecular weight excluding hydrogens is 232 g/mol. The number of fused-ring (bicyclic) bond motifs is 1. The van der Waals surface area contributed by atoms with Crippen LogP contribution in [0.25, 0.3) is 0 Å². The molecule has 5 heteroatoms. The molecule has 1 aromatic carbocycles. The first-order chi connectivity index (χ1) is 8.61. The smallest absolute Gasteiger partial charge is 0.261 e. The van der Waals surface area contributed by atoms with E-state index in [-0.39, 0.29) is 24.0 Å². The van der Waals surface area contributed by atoms with Gasteiger partial charge < -0.3 is 10.5 Å². The maximum absolute atomic E-state index is 12.2. The highest BCUT2D eigenvalue weighted by Crippen LogP contribution is 2.34. The number of carbonyl (C=O) groups is 2. The summed E-state index contributed by atoms with van der Waals surface area (Å²) in [5.41, 5.74) is 7.02. The minimum atomic E-state index is -0.234. The van der Waals surface area contributed by atoms with E-state index in [4.69, 9.17) is 10.5 Å². The summed E-state index contributed by atoms with van der Waals surface area (Å²) < 4.78 is 5.17. The number of hydrogen-bond acceptors (Lipinski definition) is 4. The quantitative estimate of drug-likeness (QED) is 0.625. The second kappa shape index (κ2) is 3.81. The van der Waals surface area contributed by atoms with Gasteiger partial charge in [-0.3, -0.25) is 14.5 Å². The fourth-order valence-corrected chi connectivity index (χ4v) is 2.55. The van der Waals surface area contributed by atoms with Gasteiger partial charge in [-0.15, -0.1) is 0 Å². The first-order valence-electron chi connectivity index (χ1n) is 5.92. The van der Waals surface area contributed by atoms with E-state index < -0.39 is 0 Å². The number of rotatable bonds is 2. The lowest BCUT2D eigenvalue weighted by atomic mass is 9.88. The SMILES string of the molecule is COC1CC(N2C(=O)c3ccc(N)cc3C2=O)C1. The molecule has 1 fully saturated rings. The largest absolute Gasteiger partial charge is 0.399 e. The number of hydrogen-bond donors (Lipinski definition) is 1. The van der Waals surface area contributed by atoms with E-state index in [1.807, 2.05) is 0 Å². The van der Waals surface area contributed by atoms with Gasteiger partial charge in [-0.25, -0.2) is 0 Å². The summed E-state index contributed by atoms with van der Waals surface area (Å²) >= 11 is 0. The van der Waals surface area contributed by atoms with Gasteiger partial charge in [-0.05, 0) is 31.0 Å². The van der Waals surface area contributed by atoms with Crippen LogP contribution in [0.15, 0.2) is 18.2 Å². The highest BCUT2D eigenvalue weighted by atomic mass is 16.5. The van der Waals surface area contributed by atoms with Gasteiger partial charge in [0.05, 0.1) is 17.2 Å². The molecule has 2 N–H and O–H groups in total. The zero-order valence-corrected chi connectivity index (χ0v) is 10.1. The number of ether oxygens (including phenoxy) is 1. The van der Waals surface area contributed by atoms with Crippen LogP contribution < -0.4 is 5.73 Å². The monoisotopic (exact) mass is 246 g/mol. The van der Waals surface area contributed by atoms with Gasteiger partial charge in [0.15, 0.2) is 0 Å². The molecule has 1 aliphatic heterocycles. The van der Waals surface area contributed by atoms with Crippen LogP contribution in [-0.2, 0) is 4.74 Å². The number of imide groups is 1. The first kappa shape index (κ1) is 11.2. The van der Waals surface area contributed by atoms with Crippen LogP contribution in [-0.4, -0.2) is 36.0 Å². The van der Waals surface area contributed by atoms with Crippen LogP contribution >= 0.6 is 0 Å². The van der Waals surface area contributed by atoms with Gasteiger partial charge in [0.25, 0.3) is 11.8 Å². The summed E-state index contributed by atoms with van der Waals surface area (Å²) in [5, 5.41) is 0. The molecule has 0 bridgehead atoms. The summed E-state index contributed by atoms with van der Waals surface area (Å²) in [6.07, 6.45) is 1.60. The molecule has 2 aliphatic rings. The van der Waals surface area contributed by atoms with Gasteiger partial charge in [0.2, 0.25) is 0 Å². The Bertz CT molecular complexity index is 535. The van der Waals surface area contributed by atoms with E-state index in [0.717, 1.165) is 12.8 Å². The molecule has 1 aromatic rings. The number of carbonyl (C=O) groups excluding carboxylic acids is 2. The Balaban J connectivity index is 1.89. The van der Waals surface area contributed by atoms with Crippen molar-refractivity contribution in [3.8, 4) is 0 Å². The van der Waals surface area contributed by atoms with E-state index in [1.54, 1.807) is 25.3 Å². The fraction of sp³-hybridized carbons (Fsp3) is 0.385. The van der Waals surface area contributed by atoms with Crippen molar-refractivity contribution in [3.05, 3.63) is 29.3 Å². The van der Waals surface area contributed by atoms with Crippen LogP contribution in [0.4, 0.5) is 5.69 Å². The van der Waals surface area contributed by atoms with Crippen LogP contribution in [0.1, 0.15) is 33.6 Å². The van der Waals surface area contributed by atoms with Crippen molar-refractivity contribution in [2.45, 2.75) is 25.0 Å². The predicted molar refractivity (Wildman–Crippen MR) is 65.2 cm³/mol. The van der Waals surface area contributed by atoms with E-state index in [0.29, 0.717) is 16.8 Å². The number of methoxy groups -OCH3 is 1. The summed E-state index contributed by atoms with van der Waals surface area (Å²) in [7, 11) is 1.64. The van der Waals surface area contributed by atoms with Crippen molar-refractivity contribution in [3.63, 3.8) is 0 Å². The molecule has 18 heavy (non-hydrogen) atoms. The number of nitrogen functional groups attached to an aromatic ring is 1. The number of anilines is 1. The zero-order chi connectivity index (χ0) is 12.9. The van der Waals surface area contributed by atoms with Crippen molar-refractivity contribution in [2.24, 2.45) is 0 Å². The molecule has 1 aliphatic carbocycles. The molecular formula is C13H14N2O3. The average molecular weight is 246 g/mol. The van der Waals surface area contributed by atoms with Crippen molar-refractivity contribution in [2.75, 3.05) is 12.8 Å². The molecule has 0 atom stereocenters. The number of nitrogens with zero attached hydrogens (tertiary/aromatic N) is 1. The first-order valence-corrected chi connectivity index (χ1v) is 5.92. The van der Waals surface area contributed by atoms with Crippen molar-refractivity contribution in [1.29, 1.82) is 0 Å². The van der Waals surface area contributed by atoms with Crippen molar-refractivity contribution >= 4 is 17.5 Å². The van der Waals surface area contributed by atoms with Crippen molar-refractivity contribution in [1.82, 2.24) is 4.90 Å². The highest BCUT2D eigenvalue weighted by molar-refractivity contribution is 6.22. The predicted octanol–water partition coefficient (Wildman–Crippen LogP) is 1.04. The molecule has 0 radical (unpaired) electrons. The van der Waals surface area contributed by atoms with E-state index >= 15 is 0 Å². The Morgan fingerprint density at radius 1 is 1.22 bits per heavy atom. The number of nitrogens with two attached hydrogens (primary N) is 1. The van der Waals surface area contributed by atoms with Gasteiger partial charge in [0, 0.05) is 18.8 Å². The number of benzene rings is 1. The van der Waals surface area contributed by atoms with Gasteiger partial charge in [-0.1, -0.05) is 0 Å². The second-order valence-corrected chi connectivity index (χ2v) is 4.77. The minimum Gasteiger partial charge on any atom is -0.399 e. The molecule has 0 aromatic heterocycles. The highest BCUT2D eigenvalue weighted by Gasteiger charge is 2.45. The Morgan fingerprint density at radius 2 is 1.89 bits per heavy atom. The summed E-state index contributed by atoms with van der Waals surface area (Å²) in [6.45, 7) is 0. The van der Waals surface area contributed by atoms with Crippen LogP contribution in [0.5, 0.6) is 0 Å². The lowest BCUT2D eigenvalue weighted by molar-refractivity contribution is -0.0142. The van der Waals surface area contributed by atoms with E-state index in [1.165, 1.54) is 4.90 Å². The standard InChI is InChI=1S/C13H14N2O3/c1-18-9-5-8(6-9)15-12(16)10-3-2-7(14)4-11(10)13(15)17/h2-4,8-9H,5-6,14H2,1H3. The molecule has 1 saturated carbocycles. The third-order valence-corrected chi connectivity index (χ3v) is 3.71. The Hall–Kier alpha value is -1.88. The zero-order valence-electron chi connectivity index (χ0n) is 10.1. The fourth-order valence-electron chi connectivity index (χ4n) is 2.55.